The highest BCUT2D eigenvalue weighted by Crippen LogP contribution is 2.51. The molecule has 19 heteroatoms. The van der Waals surface area contributed by atoms with Gasteiger partial charge in [0, 0.05) is 66.7 Å². The minimum absolute atomic E-state index is 0.0453. The van der Waals surface area contributed by atoms with Crippen LogP contribution >= 0.6 is 0 Å². The maximum absolute atomic E-state index is 12.4. The van der Waals surface area contributed by atoms with Crippen LogP contribution in [0.25, 0.3) is 0 Å². The van der Waals surface area contributed by atoms with Crippen LogP contribution in [0.5, 0.6) is 0 Å². The van der Waals surface area contributed by atoms with Gasteiger partial charge in [-0.1, -0.05) is 43.5 Å². The summed E-state index contributed by atoms with van der Waals surface area (Å²) in [4.78, 5) is 43.2. The van der Waals surface area contributed by atoms with E-state index in [0.717, 1.165) is 54.9 Å². The van der Waals surface area contributed by atoms with Crippen molar-refractivity contribution in [3.8, 4) is 0 Å². The van der Waals surface area contributed by atoms with Gasteiger partial charge in [-0.15, -0.1) is 17.7 Å². The fourth-order valence-corrected chi connectivity index (χ4v) is 8.82. The molecule has 3 heterocycles. The Morgan fingerprint density at radius 2 is 1.59 bits per heavy atom. The third kappa shape index (κ3) is 10.9. The van der Waals surface area contributed by atoms with Gasteiger partial charge in [0.2, 0.25) is 5.69 Å². The van der Waals surface area contributed by atoms with Crippen LogP contribution in [0.3, 0.4) is 0 Å². The Morgan fingerprint density at radius 3 is 2.19 bits per heavy atom. The fraction of sp³-hybridized carbons (Fsp3) is 0.487. The maximum atomic E-state index is 12.4. The van der Waals surface area contributed by atoms with Gasteiger partial charge in [0.1, 0.15) is 6.54 Å². The van der Waals surface area contributed by atoms with E-state index in [1.807, 2.05) is 30.6 Å². The van der Waals surface area contributed by atoms with Crippen molar-refractivity contribution >= 4 is 65.7 Å². The lowest BCUT2D eigenvalue weighted by molar-refractivity contribution is -0.437. The number of anilines is 1. The Kier molecular flexibility index (Phi) is 14.8. The first kappa shape index (κ1) is 46.1. The molecule has 1 atom stereocenters. The molecular weight excluding hydrogens is 815 g/mol. The Bertz CT molecular complexity index is 2370. The highest BCUT2D eigenvalue weighted by Gasteiger charge is 2.46. The van der Waals surface area contributed by atoms with E-state index < -0.39 is 65.2 Å². The number of nitrogens with zero attached hydrogens (tertiary/aromatic N) is 3. The third-order valence-electron chi connectivity index (χ3n) is 10.6. The van der Waals surface area contributed by atoms with Gasteiger partial charge in [-0.2, -0.15) is 21.4 Å². The van der Waals surface area contributed by atoms with Crippen LogP contribution in [0.2, 0.25) is 0 Å². The summed E-state index contributed by atoms with van der Waals surface area (Å²) in [6, 6.07) is 10.8. The predicted octanol–water partition coefficient (Wildman–Crippen LogP) is 5.08. The molecule has 16 nitrogen and oxygen atoms in total. The van der Waals surface area contributed by atoms with E-state index in [-0.39, 0.29) is 37.1 Å². The van der Waals surface area contributed by atoms with E-state index in [4.69, 9.17) is 17.5 Å². The number of amides is 2. The van der Waals surface area contributed by atoms with Gasteiger partial charge in [0.25, 0.3) is 32.1 Å². The molecule has 58 heavy (non-hydrogen) atoms. The Balaban J connectivity index is 0.00000178. The summed E-state index contributed by atoms with van der Waals surface area (Å²) in [7, 11) is -11.8. The fourth-order valence-electron chi connectivity index (χ4n) is 7.82. The molecule has 0 saturated carbocycles. The lowest BCUT2D eigenvalue weighted by Crippen LogP contribution is -2.32. The number of fused-ring (bicyclic) bond motifs is 2. The van der Waals surface area contributed by atoms with E-state index in [1.54, 1.807) is 6.07 Å². The van der Waals surface area contributed by atoms with Crippen molar-refractivity contribution in [2.45, 2.75) is 108 Å². The number of rotatable bonds is 16. The van der Waals surface area contributed by atoms with Crippen molar-refractivity contribution in [3.63, 3.8) is 0 Å². The molecule has 2 aromatic rings. The summed E-state index contributed by atoms with van der Waals surface area (Å²) < 4.78 is 93.8. The summed E-state index contributed by atoms with van der Waals surface area (Å²) in [6.07, 6.45) is 10.0. The van der Waals surface area contributed by atoms with Gasteiger partial charge in [0.15, 0.2) is 5.71 Å². The zero-order valence-electron chi connectivity index (χ0n) is 33.1. The molecule has 3 aliphatic heterocycles. The molecule has 0 radical (unpaired) electrons. The second-order valence-electron chi connectivity index (χ2n) is 15.2. The number of carbonyl (C=O) groups is 3. The quantitative estimate of drug-likeness (QED) is 0.0971. The van der Waals surface area contributed by atoms with Crippen molar-refractivity contribution in [1.29, 1.82) is 0 Å². The Morgan fingerprint density at radius 1 is 0.931 bits per heavy atom. The highest BCUT2D eigenvalue weighted by atomic mass is 32.2. The minimum atomic E-state index is -4.48. The number of imide groups is 1. The maximum Gasteiger partial charge on any atom is 0.425 e. The molecule has 2 aromatic carbocycles. The second-order valence-corrected chi connectivity index (χ2v) is 18.6. The number of hydrogen-bond acceptors (Lipinski definition) is 12. The summed E-state index contributed by atoms with van der Waals surface area (Å²) in [5, 5.41) is 0.577. The predicted molar refractivity (Wildman–Crippen MR) is 213 cm³/mol. The second kappa shape index (κ2) is 18.6. The molecule has 0 aromatic heterocycles. The number of carbonyl (C=O) groups excluding carboxylic acids is 3. The molecule has 0 bridgehead atoms. The average molecular weight is 865 g/mol. The number of unbranched alkanes of at least 4 members (excludes halogenated alkanes) is 2. The van der Waals surface area contributed by atoms with Crippen LogP contribution in [0, 0.1) is 6.92 Å². The normalized spacial score (nSPS) is 19.5. The molecule has 1 fully saturated rings. The lowest BCUT2D eigenvalue weighted by Gasteiger charge is -2.30. The van der Waals surface area contributed by atoms with Crippen LogP contribution in [-0.4, -0.2) is 90.5 Å². The van der Waals surface area contributed by atoms with E-state index in [2.05, 4.69) is 49.9 Å². The molecule has 3 aliphatic rings. The van der Waals surface area contributed by atoms with Gasteiger partial charge in [-0.25, -0.2) is 4.79 Å². The zero-order chi connectivity index (χ0) is 43.2. The van der Waals surface area contributed by atoms with E-state index in [1.165, 1.54) is 17.7 Å². The number of benzene rings is 2. The average Bonchev–Trinajstić information content (AvgIpc) is 3.63. The molecular formula is C39H50N3O13S3+. The van der Waals surface area contributed by atoms with Crippen LogP contribution < -0.4 is 4.90 Å². The molecule has 0 aliphatic carbocycles. The monoisotopic (exact) mass is 864 g/mol. The molecule has 0 spiro atoms. The van der Waals surface area contributed by atoms with E-state index >= 15 is 0 Å². The molecule has 1 unspecified atom stereocenters. The van der Waals surface area contributed by atoms with Crippen molar-refractivity contribution in [2.24, 2.45) is 0 Å². The first-order valence-electron chi connectivity index (χ1n) is 18.8. The largest absolute Gasteiger partial charge is 0.425 e. The molecule has 2 amide bonds. The van der Waals surface area contributed by atoms with Crippen LogP contribution in [0.4, 0.5) is 11.4 Å². The zero-order valence-corrected chi connectivity index (χ0v) is 35.6. The van der Waals surface area contributed by atoms with E-state index in [0.29, 0.717) is 22.7 Å². The number of hydrogen-bond donors (Lipinski definition) is 2. The minimum Gasteiger partial charge on any atom is -0.344 e. The molecule has 5 rings (SSSR count). The topological polar surface area (TPSA) is 230 Å². The van der Waals surface area contributed by atoms with Gasteiger partial charge in [-0.3, -0.25) is 18.7 Å². The molecule has 2 N–H and O–H groups in total. The summed E-state index contributed by atoms with van der Waals surface area (Å²) in [5.74, 6) is -2.05. The first-order chi connectivity index (χ1) is 27.0. The van der Waals surface area contributed by atoms with E-state index in [9.17, 15) is 40.3 Å². The molecule has 316 valence electrons. The third-order valence-corrected chi connectivity index (χ3v) is 12.2. The first-order valence-corrected chi connectivity index (χ1v) is 22.9. The van der Waals surface area contributed by atoms with Gasteiger partial charge < -0.3 is 9.74 Å². The van der Waals surface area contributed by atoms with Crippen molar-refractivity contribution < 1.29 is 62.4 Å². The van der Waals surface area contributed by atoms with Crippen LogP contribution in [-0.2, 0) is 60.9 Å². The summed E-state index contributed by atoms with van der Waals surface area (Å²) >= 11 is 0. The van der Waals surface area contributed by atoms with Crippen LogP contribution in [0.1, 0.15) is 102 Å². The molecule has 1 saturated heterocycles. The number of allylic oxidation sites excluding steroid dienone is 4. The summed E-state index contributed by atoms with van der Waals surface area (Å²) in [5.41, 5.74) is 5.54. The Hall–Kier alpha value is -4.56. The number of aryl methyl sites for hydroxylation is 1. The van der Waals surface area contributed by atoms with Crippen molar-refractivity contribution in [1.82, 2.24) is 5.06 Å². The summed E-state index contributed by atoms with van der Waals surface area (Å²) in [6.45, 7) is 11.3. The smallest absolute Gasteiger partial charge is 0.344 e. The van der Waals surface area contributed by atoms with Gasteiger partial charge >= 0.3 is 16.6 Å². The number of hydroxylamine groups is 2. The lowest BCUT2D eigenvalue weighted by atomic mass is 9.76. The highest BCUT2D eigenvalue weighted by molar-refractivity contribution is 7.86. The SMILES string of the molecule is CCCN1C(=CC=CC2=[N+](CCCS(=O)(=O)O)c3ccc(S(=O)(=O)O)cc3C2(C)C)C(C)(CCCCCC(=O)ON2C(=O)CCC2=O)c2cc(C)ccc21.O=S(=O)=O. The van der Waals surface area contributed by atoms with Crippen molar-refractivity contribution in [2.75, 3.05) is 23.7 Å². The van der Waals surface area contributed by atoms with Gasteiger partial charge in [0.05, 0.1) is 16.1 Å². The van der Waals surface area contributed by atoms with Gasteiger partial charge in [-0.05, 0) is 76.8 Å². The van der Waals surface area contributed by atoms with Crippen LogP contribution in [0.15, 0.2) is 65.2 Å². The standard InChI is InChI=1S/C39H49N3O10S2.O3S/c1-6-22-40-32-17-15-27(2)25-30(32)39(5,21-9-7-8-14-37(45)52-42-35(43)19-20-36(42)44)34(40)13-10-12-33-38(3,4)29-26-28(54(49,50)51)16-18-31(29)41(33)23-11-24-53(46,47)48;1-4(2)3/h10,12-13,15-18,25-26H,6-9,11,14,19-24H2,1-5H3,(H-,46,47,48,49,50,51);/p+1. The Labute approximate surface area is 340 Å². The van der Waals surface area contributed by atoms with Crippen molar-refractivity contribution in [3.05, 3.63) is 77.0 Å².